The Bertz CT molecular complexity index is 944. The quantitative estimate of drug-likeness (QED) is 0.143. The lowest BCUT2D eigenvalue weighted by molar-refractivity contribution is -0.133. The molecule has 6 atom stereocenters. The second-order valence-corrected chi connectivity index (χ2v) is 11.2. The Kier molecular flexibility index (Phi) is 12.3. The first-order chi connectivity index (χ1) is 19.3. The number of ether oxygens (including phenoxy) is 1. The van der Waals surface area contributed by atoms with Crippen LogP contribution in [0.2, 0.25) is 0 Å². The largest absolute Gasteiger partial charge is 0.394 e. The van der Waals surface area contributed by atoms with Crippen molar-refractivity contribution in [3.8, 4) is 0 Å². The van der Waals surface area contributed by atoms with E-state index in [1.165, 1.54) is 49.7 Å². The monoisotopic (exact) mass is 563 g/mol. The minimum absolute atomic E-state index is 0.129. The lowest BCUT2D eigenvalue weighted by Gasteiger charge is -2.42. The Labute approximate surface area is 237 Å². The standard InChI is InChI=1S/C28H49N7O5/c1-2-3-4-5-6-7-8-9-10-14-23(38)27-26(35(19-34-27)24-16-21(37)22(17-36)40-24)32-18-33-28(27,31)25(39)20(30)13-11-12-15-29/h18-22,24,36-37H,2-17,29-31H2,1H3/t20-,21-,22+,24+,27?,28?/m0/s1. The fraction of sp³-hybridized carbons (Fsp3) is 0.821. The minimum atomic E-state index is -2.08. The maximum atomic E-state index is 14.0. The number of ketones is 2. The van der Waals surface area contributed by atoms with E-state index in [2.05, 4.69) is 21.9 Å². The van der Waals surface area contributed by atoms with Gasteiger partial charge < -0.3 is 26.4 Å². The number of aliphatic hydroxyl groups is 2. The van der Waals surface area contributed by atoms with Crippen molar-refractivity contribution in [2.75, 3.05) is 13.2 Å². The van der Waals surface area contributed by atoms with E-state index in [-0.39, 0.29) is 31.1 Å². The van der Waals surface area contributed by atoms with Gasteiger partial charge in [0.1, 0.15) is 18.7 Å². The van der Waals surface area contributed by atoms with Gasteiger partial charge in [-0.15, -0.1) is 0 Å². The van der Waals surface area contributed by atoms with Crippen LogP contribution < -0.4 is 17.2 Å². The van der Waals surface area contributed by atoms with Crippen LogP contribution in [0.3, 0.4) is 0 Å². The normalized spacial score (nSPS) is 30.0. The van der Waals surface area contributed by atoms with Crippen molar-refractivity contribution >= 4 is 30.1 Å². The van der Waals surface area contributed by atoms with Crippen LogP contribution in [0.1, 0.15) is 96.8 Å². The molecule has 0 aromatic rings. The van der Waals surface area contributed by atoms with Crippen molar-refractivity contribution in [1.82, 2.24) is 4.90 Å². The lowest BCUT2D eigenvalue weighted by Crippen LogP contribution is -2.74. The minimum Gasteiger partial charge on any atom is -0.394 e. The van der Waals surface area contributed by atoms with Crippen molar-refractivity contribution < 1.29 is 24.5 Å². The van der Waals surface area contributed by atoms with E-state index >= 15 is 0 Å². The summed E-state index contributed by atoms with van der Waals surface area (Å²) in [6.45, 7) is 2.31. The third-order valence-electron chi connectivity index (χ3n) is 8.22. The van der Waals surface area contributed by atoms with Gasteiger partial charge in [-0.1, -0.05) is 64.7 Å². The summed E-state index contributed by atoms with van der Waals surface area (Å²) in [6, 6.07) is -0.960. The van der Waals surface area contributed by atoms with Gasteiger partial charge in [0.15, 0.2) is 17.4 Å². The number of aliphatic hydroxyl groups excluding tert-OH is 2. The second-order valence-electron chi connectivity index (χ2n) is 11.2. The molecule has 3 heterocycles. The molecule has 0 saturated carbocycles. The summed E-state index contributed by atoms with van der Waals surface area (Å²) >= 11 is 0. The molecule has 0 amide bonds. The van der Waals surface area contributed by atoms with Crippen molar-refractivity contribution in [2.24, 2.45) is 32.2 Å². The molecule has 12 heteroatoms. The van der Waals surface area contributed by atoms with Crippen LogP contribution in [0.5, 0.6) is 0 Å². The summed E-state index contributed by atoms with van der Waals surface area (Å²) in [6.07, 6.45) is 11.9. The Morgan fingerprint density at radius 2 is 1.77 bits per heavy atom. The first kappa shape index (κ1) is 32.4. The van der Waals surface area contributed by atoms with Crippen molar-refractivity contribution in [1.29, 1.82) is 0 Å². The average molecular weight is 564 g/mol. The SMILES string of the molecule is CCCCCCCCCCCC(=O)C12N=CN([C@H]3C[C@H](O)[C@@H](CO)O3)C1=NC=NC2(N)C(=O)[C@@H](N)CCCCN. The number of Topliss-reactive ketones (excluding diaryl/α,β-unsaturated/α-hetero) is 2. The number of hydrogen-bond acceptors (Lipinski definition) is 12. The number of amidine groups is 1. The Morgan fingerprint density at radius 3 is 2.40 bits per heavy atom. The lowest BCUT2D eigenvalue weighted by atomic mass is 9.73. The van der Waals surface area contributed by atoms with Crippen LogP contribution in [0.25, 0.3) is 0 Å². The van der Waals surface area contributed by atoms with E-state index < -0.39 is 41.5 Å². The first-order valence-corrected chi connectivity index (χ1v) is 15.0. The number of fused-ring (bicyclic) bond motifs is 1. The maximum Gasteiger partial charge on any atom is 0.223 e. The molecule has 3 aliphatic heterocycles. The Hall–Kier alpha value is -2.09. The predicted octanol–water partition coefficient (Wildman–Crippen LogP) is 1.15. The number of carbonyl (C=O) groups excluding carboxylic acids is 2. The predicted molar refractivity (Wildman–Crippen MR) is 155 cm³/mol. The summed E-state index contributed by atoms with van der Waals surface area (Å²) in [5, 5.41) is 19.9. The second kappa shape index (κ2) is 15.2. The summed E-state index contributed by atoms with van der Waals surface area (Å²) in [5.41, 5.74) is 14.7. The molecule has 1 saturated heterocycles. The number of rotatable bonds is 19. The molecule has 0 spiro atoms. The van der Waals surface area contributed by atoms with Crippen LogP contribution >= 0.6 is 0 Å². The summed E-state index contributed by atoms with van der Waals surface area (Å²) in [4.78, 5) is 42.5. The van der Waals surface area contributed by atoms with Gasteiger partial charge in [0, 0.05) is 12.8 Å². The molecule has 0 radical (unpaired) electrons. The molecule has 3 aliphatic rings. The van der Waals surface area contributed by atoms with Gasteiger partial charge in [-0.2, -0.15) is 0 Å². The van der Waals surface area contributed by atoms with Crippen LogP contribution in [-0.2, 0) is 14.3 Å². The Morgan fingerprint density at radius 1 is 1.10 bits per heavy atom. The van der Waals surface area contributed by atoms with Gasteiger partial charge in [0.2, 0.25) is 11.2 Å². The molecule has 1 fully saturated rings. The summed E-state index contributed by atoms with van der Waals surface area (Å²) in [5.74, 6) is -0.815. The number of carbonyl (C=O) groups is 2. The Balaban J connectivity index is 1.78. The highest BCUT2D eigenvalue weighted by molar-refractivity contribution is 6.26. The molecule has 0 aromatic heterocycles. The summed E-state index contributed by atoms with van der Waals surface area (Å²) in [7, 11) is 0. The van der Waals surface area contributed by atoms with Crippen LogP contribution in [0.15, 0.2) is 15.0 Å². The topological polar surface area (TPSA) is 202 Å². The average Bonchev–Trinajstić information content (AvgIpc) is 3.53. The fourth-order valence-corrected chi connectivity index (χ4v) is 5.76. The highest BCUT2D eigenvalue weighted by Crippen LogP contribution is 2.40. The molecular weight excluding hydrogens is 514 g/mol. The molecule has 0 aromatic carbocycles. The number of aliphatic imine (C=N–C) groups is 3. The molecule has 0 bridgehead atoms. The van der Waals surface area contributed by atoms with Crippen molar-refractivity contribution in [2.45, 2.75) is 132 Å². The number of nitrogens with two attached hydrogens (primary N) is 3. The van der Waals surface area contributed by atoms with E-state index in [1.54, 1.807) is 0 Å². The molecule has 226 valence electrons. The zero-order chi connectivity index (χ0) is 29.2. The van der Waals surface area contributed by atoms with Crippen molar-refractivity contribution in [3.05, 3.63) is 0 Å². The summed E-state index contributed by atoms with van der Waals surface area (Å²) < 4.78 is 5.82. The first-order valence-electron chi connectivity index (χ1n) is 15.0. The third kappa shape index (κ3) is 6.85. The molecular formula is C28H49N7O5. The molecule has 2 unspecified atom stereocenters. The number of nitrogens with zero attached hydrogens (tertiary/aromatic N) is 4. The molecule has 0 aliphatic carbocycles. The fourth-order valence-electron chi connectivity index (χ4n) is 5.76. The maximum absolute atomic E-state index is 14.0. The van der Waals surface area contributed by atoms with E-state index in [1.807, 2.05) is 0 Å². The smallest absolute Gasteiger partial charge is 0.223 e. The van der Waals surface area contributed by atoms with Gasteiger partial charge in [0.05, 0.1) is 25.1 Å². The van der Waals surface area contributed by atoms with Crippen LogP contribution in [0.4, 0.5) is 0 Å². The molecule has 12 nitrogen and oxygen atoms in total. The van der Waals surface area contributed by atoms with E-state index in [0.717, 1.165) is 19.3 Å². The zero-order valence-electron chi connectivity index (χ0n) is 23.9. The highest BCUT2D eigenvalue weighted by atomic mass is 16.5. The van der Waals surface area contributed by atoms with Gasteiger partial charge in [-0.25, -0.2) is 15.0 Å². The highest BCUT2D eigenvalue weighted by Gasteiger charge is 2.67. The van der Waals surface area contributed by atoms with Gasteiger partial charge in [0.25, 0.3) is 0 Å². The molecule has 8 N–H and O–H groups in total. The van der Waals surface area contributed by atoms with E-state index in [4.69, 9.17) is 21.9 Å². The number of hydrogen-bond donors (Lipinski definition) is 5. The van der Waals surface area contributed by atoms with Crippen LogP contribution in [-0.4, -0.2) is 94.0 Å². The van der Waals surface area contributed by atoms with Crippen molar-refractivity contribution in [3.63, 3.8) is 0 Å². The number of unbranched alkanes of at least 4 members (excludes halogenated alkanes) is 9. The van der Waals surface area contributed by atoms with E-state index in [9.17, 15) is 19.8 Å². The third-order valence-corrected chi connectivity index (χ3v) is 8.22. The van der Waals surface area contributed by atoms with Gasteiger partial charge >= 0.3 is 0 Å². The molecule has 40 heavy (non-hydrogen) atoms. The van der Waals surface area contributed by atoms with Gasteiger partial charge in [-0.3, -0.25) is 20.2 Å². The van der Waals surface area contributed by atoms with E-state index in [0.29, 0.717) is 32.2 Å². The molecule has 3 rings (SSSR count). The van der Waals surface area contributed by atoms with Gasteiger partial charge in [-0.05, 0) is 25.8 Å². The zero-order valence-corrected chi connectivity index (χ0v) is 23.9. The van der Waals surface area contributed by atoms with Crippen LogP contribution in [0, 0.1) is 0 Å².